The zero-order chi connectivity index (χ0) is 15.5. The van der Waals surface area contributed by atoms with Gasteiger partial charge in [-0.1, -0.05) is 18.2 Å². The monoisotopic (exact) mass is 311 g/mol. The largest absolute Gasteiger partial charge is 0.379 e. The predicted molar refractivity (Wildman–Crippen MR) is 79.9 cm³/mol. The van der Waals surface area contributed by atoms with E-state index in [4.69, 9.17) is 4.74 Å². The van der Waals surface area contributed by atoms with E-state index < -0.39 is 9.84 Å². The van der Waals surface area contributed by atoms with Crippen molar-refractivity contribution >= 4 is 15.7 Å². The summed E-state index contributed by atoms with van der Waals surface area (Å²) in [6, 6.07) is 6.61. The van der Waals surface area contributed by atoms with Gasteiger partial charge in [-0.3, -0.25) is 4.79 Å². The quantitative estimate of drug-likeness (QED) is 0.910. The molecule has 1 aliphatic rings. The van der Waals surface area contributed by atoms with E-state index in [1.165, 1.54) is 6.07 Å². The maximum absolute atomic E-state index is 12.2. The number of sulfone groups is 1. The maximum Gasteiger partial charge on any atom is 0.224 e. The summed E-state index contributed by atoms with van der Waals surface area (Å²) in [5.41, 5.74) is 0.160. The zero-order valence-electron chi connectivity index (χ0n) is 12.4. The van der Waals surface area contributed by atoms with Crippen LogP contribution in [0.5, 0.6) is 0 Å². The summed E-state index contributed by atoms with van der Waals surface area (Å²) in [6.07, 6.45) is 2.99. The molecule has 116 valence electrons. The number of benzene rings is 1. The summed E-state index contributed by atoms with van der Waals surface area (Å²) in [7, 11) is -3.33. The van der Waals surface area contributed by atoms with E-state index in [1.54, 1.807) is 18.2 Å². The molecular weight excluding hydrogens is 290 g/mol. The first-order valence-electron chi connectivity index (χ1n) is 6.97. The molecule has 1 fully saturated rings. The van der Waals surface area contributed by atoms with Crippen molar-refractivity contribution in [1.82, 2.24) is 5.32 Å². The Kier molecular flexibility index (Phi) is 4.68. The molecule has 0 spiro atoms. The fourth-order valence-corrected chi connectivity index (χ4v) is 3.54. The van der Waals surface area contributed by atoms with Crippen LogP contribution in [-0.4, -0.2) is 39.3 Å². The predicted octanol–water partition coefficient (Wildman–Crippen LogP) is 1.32. The molecule has 1 aliphatic heterocycles. The van der Waals surface area contributed by atoms with Crippen LogP contribution in [0.4, 0.5) is 0 Å². The number of hydrogen-bond donors (Lipinski definition) is 1. The van der Waals surface area contributed by atoms with Gasteiger partial charge in [0.05, 0.1) is 23.5 Å². The lowest BCUT2D eigenvalue weighted by atomic mass is 9.94. The van der Waals surface area contributed by atoms with Gasteiger partial charge >= 0.3 is 0 Å². The minimum atomic E-state index is -3.33. The molecule has 0 saturated carbocycles. The Labute approximate surface area is 125 Å². The van der Waals surface area contributed by atoms with Gasteiger partial charge in [0.1, 0.15) is 0 Å². The third-order valence-electron chi connectivity index (χ3n) is 3.60. The molecule has 21 heavy (non-hydrogen) atoms. The Bertz CT molecular complexity index is 618. The van der Waals surface area contributed by atoms with Crippen LogP contribution in [-0.2, 0) is 25.8 Å². The van der Waals surface area contributed by atoms with E-state index in [0.29, 0.717) is 12.2 Å². The first-order chi connectivity index (χ1) is 9.80. The van der Waals surface area contributed by atoms with Crippen molar-refractivity contribution in [2.75, 3.05) is 19.5 Å². The van der Waals surface area contributed by atoms with E-state index >= 15 is 0 Å². The van der Waals surface area contributed by atoms with Crippen LogP contribution in [0.2, 0.25) is 0 Å². The van der Waals surface area contributed by atoms with Gasteiger partial charge in [-0.25, -0.2) is 8.42 Å². The van der Waals surface area contributed by atoms with Gasteiger partial charge < -0.3 is 10.1 Å². The van der Waals surface area contributed by atoms with Gasteiger partial charge in [-0.2, -0.15) is 0 Å². The molecule has 1 unspecified atom stereocenters. The summed E-state index contributed by atoms with van der Waals surface area (Å²) in [6.45, 7) is 3.17. The van der Waals surface area contributed by atoms with E-state index in [0.717, 1.165) is 25.7 Å². The summed E-state index contributed by atoms with van der Waals surface area (Å²) in [5, 5.41) is 2.96. The first-order valence-corrected chi connectivity index (χ1v) is 8.86. The Balaban J connectivity index is 2.10. The van der Waals surface area contributed by atoms with Crippen molar-refractivity contribution in [3.63, 3.8) is 0 Å². The van der Waals surface area contributed by atoms with Gasteiger partial charge in [0.15, 0.2) is 9.84 Å². The molecule has 1 amide bonds. The van der Waals surface area contributed by atoms with Gasteiger partial charge in [0.25, 0.3) is 0 Å². The SMILES string of the molecule is CC1(NC(=O)Cc2ccccc2S(C)(=O)=O)CCCOC1. The van der Waals surface area contributed by atoms with Gasteiger partial charge in [-0.05, 0) is 31.4 Å². The molecular formula is C15H21NO4S. The highest BCUT2D eigenvalue weighted by atomic mass is 32.2. The van der Waals surface area contributed by atoms with Crippen molar-refractivity contribution in [2.24, 2.45) is 0 Å². The van der Waals surface area contributed by atoms with Gasteiger partial charge in [0.2, 0.25) is 5.91 Å². The number of hydrogen-bond acceptors (Lipinski definition) is 4. The molecule has 1 aromatic carbocycles. The fourth-order valence-electron chi connectivity index (χ4n) is 2.60. The molecule has 6 heteroatoms. The maximum atomic E-state index is 12.2. The van der Waals surface area contributed by atoms with Crippen LogP contribution in [0.15, 0.2) is 29.2 Å². The van der Waals surface area contributed by atoms with Crippen LogP contribution >= 0.6 is 0 Å². The van der Waals surface area contributed by atoms with Crippen molar-refractivity contribution in [3.05, 3.63) is 29.8 Å². The Morgan fingerprint density at radius 2 is 2.10 bits per heavy atom. The Hall–Kier alpha value is -1.40. The summed E-state index contributed by atoms with van der Waals surface area (Å²) < 4.78 is 28.9. The molecule has 0 bridgehead atoms. The number of rotatable bonds is 4. The Morgan fingerprint density at radius 3 is 2.71 bits per heavy atom. The van der Waals surface area contributed by atoms with Crippen LogP contribution in [0, 0.1) is 0 Å². The molecule has 1 atom stereocenters. The second kappa shape index (κ2) is 6.15. The molecule has 1 heterocycles. The number of carbonyl (C=O) groups is 1. The Morgan fingerprint density at radius 1 is 1.38 bits per heavy atom. The normalized spacial score (nSPS) is 22.8. The standard InChI is InChI=1S/C15H21NO4S/c1-15(8-5-9-20-11-15)16-14(17)10-12-6-3-4-7-13(12)21(2,18)19/h3-4,6-7H,5,8-11H2,1-2H3,(H,16,17). The second-order valence-electron chi connectivity index (χ2n) is 5.82. The smallest absolute Gasteiger partial charge is 0.224 e. The number of carbonyl (C=O) groups excluding carboxylic acids is 1. The molecule has 5 nitrogen and oxygen atoms in total. The lowest BCUT2D eigenvalue weighted by molar-refractivity contribution is -0.124. The average molecular weight is 311 g/mol. The topological polar surface area (TPSA) is 72.5 Å². The van der Waals surface area contributed by atoms with E-state index in [1.807, 2.05) is 6.92 Å². The van der Waals surface area contributed by atoms with Crippen LogP contribution in [0.3, 0.4) is 0 Å². The second-order valence-corrected chi connectivity index (χ2v) is 7.81. The minimum absolute atomic E-state index is 0.0544. The van der Waals surface area contributed by atoms with Gasteiger partial charge in [0, 0.05) is 12.9 Å². The highest BCUT2D eigenvalue weighted by Gasteiger charge is 2.29. The molecule has 1 saturated heterocycles. The molecule has 0 aliphatic carbocycles. The molecule has 0 aromatic heterocycles. The molecule has 1 N–H and O–H groups in total. The minimum Gasteiger partial charge on any atom is -0.379 e. The number of nitrogens with one attached hydrogen (secondary N) is 1. The number of ether oxygens (including phenoxy) is 1. The van der Waals surface area contributed by atoms with E-state index in [-0.39, 0.29) is 22.8 Å². The highest BCUT2D eigenvalue weighted by Crippen LogP contribution is 2.20. The lowest BCUT2D eigenvalue weighted by Crippen LogP contribution is -2.52. The van der Waals surface area contributed by atoms with E-state index in [9.17, 15) is 13.2 Å². The van der Waals surface area contributed by atoms with Crippen molar-refractivity contribution in [1.29, 1.82) is 0 Å². The van der Waals surface area contributed by atoms with E-state index in [2.05, 4.69) is 5.32 Å². The molecule has 1 aromatic rings. The van der Waals surface area contributed by atoms with Crippen LogP contribution in [0.1, 0.15) is 25.3 Å². The summed E-state index contributed by atoms with van der Waals surface area (Å²) in [5.74, 6) is -0.181. The molecule has 0 radical (unpaired) electrons. The lowest BCUT2D eigenvalue weighted by Gasteiger charge is -2.34. The van der Waals surface area contributed by atoms with Crippen molar-refractivity contribution in [3.8, 4) is 0 Å². The van der Waals surface area contributed by atoms with Crippen molar-refractivity contribution in [2.45, 2.75) is 36.6 Å². The fraction of sp³-hybridized carbons (Fsp3) is 0.533. The third kappa shape index (κ3) is 4.28. The molecule has 2 rings (SSSR count). The third-order valence-corrected chi connectivity index (χ3v) is 4.80. The summed E-state index contributed by atoms with van der Waals surface area (Å²) >= 11 is 0. The highest BCUT2D eigenvalue weighted by molar-refractivity contribution is 7.90. The average Bonchev–Trinajstić information content (AvgIpc) is 2.38. The van der Waals surface area contributed by atoms with Crippen LogP contribution in [0.25, 0.3) is 0 Å². The summed E-state index contributed by atoms with van der Waals surface area (Å²) in [4.78, 5) is 12.4. The first kappa shape index (κ1) is 16.0. The number of amides is 1. The zero-order valence-corrected chi connectivity index (χ0v) is 13.2. The van der Waals surface area contributed by atoms with Crippen LogP contribution < -0.4 is 5.32 Å². The van der Waals surface area contributed by atoms with Gasteiger partial charge in [-0.15, -0.1) is 0 Å². The van der Waals surface area contributed by atoms with Crippen molar-refractivity contribution < 1.29 is 17.9 Å².